The number of nitrogens with one attached hydrogen (secondary N) is 1. The van der Waals surface area contributed by atoms with E-state index in [2.05, 4.69) is 49.7 Å². The standard InChI is InChI=1S/C18H22FIN4/c1-13-16(20)4-6-18(22-13)21-12-14-3-5-17(15(19)11-14)24-9-7-23(2)8-10-24/h3-6,11H,7-10,12H2,1-2H3,(H,21,22). The zero-order valence-corrected chi connectivity index (χ0v) is 16.2. The van der Waals surface area contributed by atoms with Crippen LogP contribution in [0.25, 0.3) is 0 Å². The van der Waals surface area contributed by atoms with E-state index in [1.807, 2.05) is 31.2 Å². The highest BCUT2D eigenvalue weighted by atomic mass is 127. The molecule has 24 heavy (non-hydrogen) atoms. The van der Waals surface area contributed by atoms with Crippen molar-refractivity contribution in [1.29, 1.82) is 0 Å². The van der Waals surface area contributed by atoms with Gasteiger partial charge in [0.05, 0.1) is 11.4 Å². The Balaban J connectivity index is 1.65. The summed E-state index contributed by atoms with van der Waals surface area (Å²) in [6, 6.07) is 9.49. The Morgan fingerprint density at radius 2 is 1.92 bits per heavy atom. The van der Waals surface area contributed by atoms with Crippen LogP contribution in [0.4, 0.5) is 15.9 Å². The van der Waals surface area contributed by atoms with E-state index in [1.165, 1.54) is 0 Å². The Kier molecular flexibility index (Phi) is 5.55. The van der Waals surface area contributed by atoms with Gasteiger partial charge in [-0.3, -0.25) is 0 Å². The molecule has 3 rings (SSSR count). The molecule has 1 aromatic heterocycles. The molecule has 0 aliphatic carbocycles. The molecule has 6 heteroatoms. The molecule has 2 heterocycles. The van der Waals surface area contributed by atoms with Gasteiger partial charge in [0.15, 0.2) is 0 Å². The van der Waals surface area contributed by atoms with E-state index < -0.39 is 0 Å². The predicted octanol–water partition coefficient (Wildman–Crippen LogP) is 3.50. The first kappa shape index (κ1) is 17.4. The fourth-order valence-corrected chi connectivity index (χ4v) is 3.10. The molecular formula is C18H22FIN4. The molecular weight excluding hydrogens is 418 g/mol. The van der Waals surface area contributed by atoms with Gasteiger partial charge in [-0.1, -0.05) is 6.07 Å². The summed E-state index contributed by atoms with van der Waals surface area (Å²) in [7, 11) is 2.10. The Morgan fingerprint density at radius 3 is 2.58 bits per heavy atom. The molecule has 0 spiro atoms. The number of anilines is 2. The third kappa shape index (κ3) is 4.16. The molecule has 1 saturated heterocycles. The first-order chi connectivity index (χ1) is 11.5. The number of hydrogen-bond donors (Lipinski definition) is 1. The molecule has 2 aromatic rings. The van der Waals surface area contributed by atoms with Crippen LogP contribution >= 0.6 is 22.6 Å². The van der Waals surface area contributed by atoms with E-state index in [4.69, 9.17) is 0 Å². The number of nitrogens with zero attached hydrogens (tertiary/aromatic N) is 3. The second-order valence-corrected chi connectivity index (χ2v) is 7.36. The zero-order valence-electron chi connectivity index (χ0n) is 14.0. The molecule has 0 saturated carbocycles. The number of rotatable bonds is 4. The fourth-order valence-electron chi connectivity index (χ4n) is 2.80. The highest BCUT2D eigenvalue weighted by Crippen LogP contribution is 2.22. The SMILES string of the molecule is Cc1nc(NCc2ccc(N3CCN(C)CC3)c(F)c2)ccc1I. The van der Waals surface area contributed by atoms with E-state index in [9.17, 15) is 4.39 Å². The van der Waals surface area contributed by atoms with Crippen molar-refractivity contribution in [3.8, 4) is 0 Å². The van der Waals surface area contributed by atoms with E-state index in [0.717, 1.165) is 46.8 Å². The normalized spacial score (nSPS) is 15.6. The number of benzene rings is 1. The van der Waals surface area contributed by atoms with Crippen LogP contribution in [0.5, 0.6) is 0 Å². The molecule has 1 aliphatic rings. The highest BCUT2D eigenvalue weighted by Gasteiger charge is 2.17. The minimum atomic E-state index is -0.148. The van der Waals surface area contributed by atoms with Crippen molar-refractivity contribution >= 4 is 34.1 Å². The van der Waals surface area contributed by atoms with E-state index in [0.29, 0.717) is 12.2 Å². The molecule has 128 valence electrons. The second kappa shape index (κ2) is 7.65. The quantitative estimate of drug-likeness (QED) is 0.738. The molecule has 1 aromatic carbocycles. The van der Waals surface area contributed by atoms with Crippen molar-refractivity contribution in [2.24, 2.45) is 0 Å². The van der Waals surface area contributed by atoms with E-state index >= 15 is 0 Å². The summed E-state index contributed by atoms with van der Waals surface area (Å²) in [5.74, 6) is 0.669. The van der Waals surface area contributed by atoms with Crippen molar-refractivity contribution in [3.63, 3.8) is 0 Å². The molecule has 0 unspecified atom stereocenters. The lowest BCUT2D eigenvalue weighted by Crippen LogP contribution is -2.44. The monoisotopic (exact) mass is 440 g/mol. The van der Waals surface area contributed by atoms with E-state index in [-0.39, 0.29) is 5.82 Å². The average Bonchev–Trinajstić information content (AvgIpc) is 2.57. The van der Waals surface area contributed by atoms with Crippen LogP contribution in [-0.4, -0.2) is 43.1 Å². The number of aryl methyl sites for hydroxylation is 1. The Hall–Kier alpha value is -1.41. The average molecular weight is 440 g/mol. The summed E-state index contributed by atoms with van der Waals surface area (Å²) in [6.45, 7) is 6.24. The van der Waals surface area contributed by atoms with Crippen LogP contribution < -0.4 is 10.2 Å². The number of piperazine rings is 1. The van der Waals surface area contributed by atoms with Crippen molar-refractivity contribution in [1.82, 2.24) is 9.88 Å². The molecule has 1 N–H and O–H groups in total. The molecule has 0 radical (unpaired) electrons. The largest absolute Gasteiger partial charge is 0.367 e. The third-order valence-electron chi connectivity index (χ3n) is 4.35. The van der Waals surface area contributed by atoms with E-state index in [1.54, 1.807) is 6.07 Å². The molecule has 4 nitrogen and oxygen atoms in total. The third-order valence-corrected chi connectivity index (χ3v) is 5.49. The van der Waals surface area contributed by atoms with Crippen molar-refractivity contribution in [2.45, 2.75) is 13.5 Å². The summed E-state index contributed by atoms with van der Waals surface area (Å²) >= 11 is 2.26. The van der Waals surface area contributed by atoms with Crippen LogP contribution in [0.3, 0.4) is 0 Å². The lowest BCUT2D eigenvalue weighted by molar-refractivity contribution is 0.311. The Bertz CT molecular complexity index is 714. The first-order valence-electron chi connectivity index (χ1n) is 8.12. The molecule has 1 fully saturated rings. The van der Waals surface area contributed by atoms with Crippen LogP contribution in [-0.2, 0) is 6.54 Å². The minimum Gasteiger partial charge on any atom is -0.367 e. The maximum atomic E-state index is 14.5. The smallest absolute Gasteiger partial charge is 0.146 e. The van der Waals surface area contributed by atoms with Crippen LogP contribution in [0.1, 0.15) is 11.3 Å². The van der Waals surface area contributed by atoms with Gasteiger partial charge in [-0.15, -0.1) is 0 Å². The van der Waals surface area contributed by atoms with Gasteiger partial charge in [0.1, 0.15) is 11.6 Å². The summed E-state index contributed by atoms with van der Waals surface area (Å²) in [6.07, 6.45) is 0. The predicted molar refractivity (Wildman–Crippen MR) is 105 cm³/mol. The summed E-state index contributed by atoms with van der Waals surface area (Å²) in [5, 5.41) is 3.26. The van der Waals surface area contributed by atoms with Gasteiger partial charge in [0.2, 0.25) is 0 Å². The van der Waals surface area contributed by atoms with Crippen LogP contribution in [0, 0.1) is 16.3 Å². The first-order valence-corrected chi connectivity index (χ1v) is 9.20. The molecule has 0 bridgehead atoms. The van der Waals surface area contributed by atoms with Gasteiger partial charge in [0, 0.05) is 36.3 Å². The number of halogens is 2. The van der Waals surface area contributed by atoms with Gasteiger partial charge in [-0.25, -0.2) is 9.37 Å². The van der Waals surface area contributed by atoms with Gasteiger partial charge in [0.25, 0.3) is 0 Å². The maximum Gasteiger partial charge on any atom is 0.146 e. The highest BCUT2D eigenvalue weighted by molar-refractivity contribution is 14.1. The van der Waals surface area contributed by atoms with Gasteiger partial charge in [-0.2, -0.15) is 0 Å². The van der Waals surface area contributed by atoms with Gasteiger partial charge in [-0.05, 0) is 66.4 Å². The Morgan fingerprint density at radius 1 is 1.17 bits per heavy atom. The number of pyridine rings is 1. The van der Waals surface area contributed by atoms with Crippen molar-refractivity contribution in [2.75, 3.05) is 43.4 Å². The van der Waals surface area contributed by atoms with Crippen LogP contribution in [0.15, 0.2) is 30.3 Å². The summed E-state index contributed by atoms with van der Waals surface area (Å²) in [4.78, 5) is 8.87. The van der Waals surface area contributed by atoms with Gasteiger partial charge >= 0.3 is 0 Å². The van der Waals surface area contributed by atoms with Crippen LogP contribution in [0.2, 0.25) is 0 Å². The molecule has 0 atom stereocenters. The summed E-state index contributed by atoms with van der Waals surface area (Å²) < 4.78 is 15.6. The number of likely N-dealkylation sites (N-methyl/N-ethyl adjacent to an activating group) is 1. The van der Waals surface area contributed by atoms with Crippen molar-refractivity contribution < 1.29 is 4.39 Å². The number of aromatic nitrogens is 1. The second-order valence-electron chi connectivity index (χ2n) is 6.19. The molecule has 0 amide bonds. The maximum absolute atomic E-state index is 14.5. The zero-order chi connectivity index (χ0) is 17.1. The lowest BCUT2D eigenvalue weighted by atomic mass is 10.1. The fraction of sp³-hybridized carbons (Fsp3) is 0.389. The summed E-state index contributed by atoms with van der Waals surface area (Å²) in [5.41, 5.74) is 2.62. The lowest BCUT2D eigenvalue weighted by Gasteiger charge is -2.34. The number of hydrogen-bond acceptors (Lipinski definition) is 4. The molecule has 1 aliphatic heterocycles. The van der Waals surface area contributed by atoms with Gasteiger partial charge < -0.3 is 15.1 Å². The minimum absolute atomic E-state index is 0.148. The Labute approximate surface area is 156 Å². The topological polar surface area (TPSA) is 31.4 Å². The van der Waals surface area contributed by atoms with Crippen molar-refractivity contribution in [3.05, 3.63) is 51.0 Å².